The molecule has 0 saturated carbocycles. The third-order valence-electron chi connectivity index (χ3n) is 3.67. The summed E-state index contributed by atoms with van der Waals surface area (Å²) in [4.78, 5) is 12.1. The molecule has 1 fully saturated rings. The highest BCUT2D eigenvalue weighted by Crippen LogP contribution is 2.28. The summed E-state index contributed by atoms with van der Waals surface area (Å²) in [6, 6.07) is 1.79. The van der Waals surface area contributed by atoms with Crippen LogP contribution in [0.3, 0.4) is 0 Å². The third-order valence-corrected chi connectivity index (χ3v) is 3.67. The van der Waals surface area contributed by atoms with Crippen LogP contribution < -0.4 is 5.32 Å². The zero-order valence-corrected chi connectivity index (χ0v) is 12.0. The third kappa shape index (κ3) is 3.33. The number of amides is 1. The van der Waals surface area contributed by atoms with E-state index in [1.165, 1.54) is 0 Å². The zero-order valence-electron chi connectivity index (χ0n) is 12.0. The lowest BCUT2D eigenvalue weighted by Crippen LogP contribution is -2.43. The molecule has 21 heavy (non-hydrogen) atoms. The van der Waals surface area contributed by atoms with Gasteiger partial charge in [0.25, 0.3) is 0 Å². The average molecular weight is 289 g/mol. The van der Waals surface area contributed by atoms with Crippen molar-refractivity contribution >= 4 is 5.91 Å². The first-order chi connectivity index (χ1) is 10.2. The first kappa shape index (κ1) is 13.9. The van der Waals surface area contributed by atoms with E-state index >= 15 is 0 Å². The van der Waals surface area contributed by atoms with E-state index in [1.54, 1.807) is 29.5 Å². The van der Waals surface area contributed by atoms with Gasteiger partial charge in [0.15, 0.2) is 0 Å². The van der Waals surface area contributed by atoms with E-state index < -0.39 is 0 Å². The van der Waals surface area contributed by atoms with E-state index in [9.17, 15) is 4.79 Å². The molecular weight excluding hydrogens is 270 g/mol. The largest absolute Gasteiger partial charge is 0.472 e. The van der Waals surface area contributed by atoms with Crippen molar-refractivity contribution in [2.75, 3.05) is 6.61 Å². The van der Waals surface area contributed by atoms with Crippen LogP contribution >= 0.6 is 0 Å². The fourth-order valence-corrected chi connectivity index (χ4v) is 2.68. The fourth-order valence-electron chi connectivity index (χ4n) is 2.68. The topological polar surface area (TPSA) is 69.3 Å². The van der Waals surface area contributed by atoms with Gasteiger partial charge in [0, 0.05) is 25.4 Å². The van der Waals surface area contributed by atoms with E-state index in [0.29, 0.717) is 13.0 Å². The van der Waals surface area contributed by atoms with Crippen molar-refractivity contribution in [2.45, 2.75) is 31.4 Å². The van der Waals surface area contributed by atoms with Crippen LogP contribution in [0.2, 0.25) is 0 Å². The maximum atomic E-state index is 12.1. The predicted molar refractivity (Wildman–Crippen MR) is 75.5 cm³/mol. The Bertz CT molecular complexity index is 591. The van der Waals surface area contributed by atoms with Crippen LogP contribution in [-0.4, -0.2) is 28.3 Å². The highest BCUT2D eigenvalue weighted by atomic mass is 16.5. The highest BCUT2D eigenvalue weighted by molar-refractivity contribution is 5.78. The summed E-state index contributed by atoms with van der Waals surface area (Å²) in [5.41, 5.74) is 1.88. The minimum atomic E-state index is -0.124. The molecule has 0 aromatic carbocycles. The lowest BCUT2D eigenvalue weighted by Gasteiger charge is -2.31. The van der Waals surface area contributed by atoms with Gasteiger partial charge in [-0.15, -0.1) is 0 Å². The van der Waals surface area contributed by atoms with Crippen molar-refractivity contribution < 1.29 is 13.9 Å². The first-order valence-electron chi connectivity index (χ1n) is 7.13. The number of carbonyl (C=O) groups is 1. The maximum Gasteiger partial charge on any atom is 0.224 e. The monoisotopic (exact) mass is 289 g/mol. The second-order valence-corrected chi connectivity index (χ2v) is 5.36. The molecule has 1 N–H and O–H groups in total. The number of hydrogen-bond donors (Lipinski definition) is 1. The SMILES string of the molecule is Cn1cc([C@H]2OCCC[C@@H]2NC(=O)Cc2ccoc2)cn1. The Morgan fingerprint density at radius 1 is 1.57 bits per heavy atom. The molecule has 6 nitrogen and oxygen atoms in total. The predicted octanol–water partition coefficient (Wildman–Crippen LogP) is 1.59. The van der Waals surface area contributed by atoms with Gasteiger partial charge in [-0.25, -0.2) is 0 Å². The Labute approximate surface area is 123 Å². The molecule has 3 heterocycles. The molecule has 0 unspecified atom stereocenters. The normalized spacial score (nSPS) is 22.1. The molecule has 0 radical (unpaired) electrons. The molecular formula is C15H19N3O3. The molecule has 0 aliphatic carbocycles. The first-order valence-corrected chi connectivity index (χ1v) is 7.13. The molecule has 1 aliphatic rings. The lowest BCUT2D eigenvalue weighted by atomic mass is 9.98. The summed E-state index contributed by atoms with van der Waals surface area (Å²) in [6.07, 6.45) is 8.97. The number of aryl methyl sites for hydroxylation is 1. The van der Waals surface area contributed by atoms with Crippen LogP contribution in [0.1, 0.15) is 30.1 Å². The molecule has 0 spiro atoms. The zero-order chi connectivity index (χ0) is 14.7. The summed E-state index contributed by atoms with van der Waals surface area (Å²) in [5, 5.41) is 7.25. The maximum absolute atomic E-state index is 12.1. The van der Waals surface area contributed by atoms with Gasteiger partial charge in [-0.1, -0.05) is 0 Å². The molecule has 1 amide bonds. The molecule has 1 saturated heterocycles. The van der Waals surface area contributed by atoms with Gasteiger partial charge in [-0.3, -0.25) is 9.48 Å². The van der Waals surface area contributed by atoms with Crippen LogP contribution in [0.4, 0.5) is 0 Å². The van der Waals surface area contributed by atoms with Crippen molar-refractivity contribution in [1.29, 1.82) is 0 Å². The van der Waals surface area contributed by atoms with Crippen molar-refractivity contribution in [3.63, 3.8) is 0 Å². The highest BCUT2D eigenvalue weighted by Gasteiger charge is 2.29. The van der Waals surface area contributed by atoms with Crippen LogP contribution in [0.25, 0.3) is 0 Å². The Kier molecular flexibility index (Phi) is 4.06. The van der Waals surface area contributed by atoms with Crippen LogP contribution in [0, 0.1) is 0 Å². The number of carbonyl (C=O) groups excluding carboxylic acids is 1. The van der Waals surface area contributed by atoms with Gasteiger partial charge in [0.05, 0.1) is 31.2 Å². The number of nitrogens with one attached hydrogen (secondary N) is 1. The van der Waals surface area contributed by atoms with Gasteiger partial charge >= 0.3 is 0 Å². The van der Waals surface area contributed by atoms with E-state index in [0.717, 1.165) is 24.0 Å². The van der Waals surface area contributed by atoms with E-state index in [-0.39, 0.29) is 18.1 Å². The number of furan rings is 1. The molecule has 2 atom stereocenters. The molecule has 3 rings (SSSR count). The summed E-state index contributed by atoms with van der Waals surface area (Å²) in [6.45, 7) is 0.716. The van der Waals surface area contributed by atoms with E-state index in [4.69, 9.17) is 9.15 Å². The molecule has 6 heteroatoms. The molecule has 112 valence electrons. The molecule has 1 aliphatic heterocycles. The van der Waals surface area contributed by atoms with Crippen LogP contribution in [0.5, 0.6) is 0 Å². The van der Waals surface area contributed by atoms with Gasteiger partial charge < -0.3 is 14.5 Å². The smallest absolute Gasteiger partial charge is 0.224 e. The van der Waals surface area contributed by atoms with Crippen molar-refractivity contribution in [3.8, 4) is 0 Å². The second-order valence-electron chi connectivity index (χ2n) is 5.36. The summed E-state index contributed by atoms with van der Waals surface area (Å²) in [5.74, 6) is -0.0132. The van der Waals surface area contributed by atoms with E-state index in [1.807, 2.05) is 13.2 Å². The number of rotatable bonds is 4. The molecule has 2 aromatic rings. The quantitative estimate of drug-likeness (QED) is 0.928. The van der Waals surface area contributed by atoms with Crippen molar-refractivity contribution in [1.82, 2.24) is 15.1 Å². The number of aromatic nitrogens is 2. The standard InChI is InChI=1S/C15H19N3O3/c1-18-9-12(8-16-18)15-13(3-2-5-21-15)17-14(19)7-11-4-6-20-10-11/h4,6,8-10,13,15H,2-3,5,7H2,1H3,(H,17,19)/t13-,15+/m0/s1. The van der Waals surface area contributed by atoms with Gasteiger partial charge in [0.1, 0.15) is 6.10 Å². The average Bonchev–Trinajstić information content (AvgIpc) is 3.11. The van der Waals surface area contributed by atoms with Gasteiger partial charge in [0.2, 0.25) is 5.91 Å². The Balaban J connectivity index is 1.65. The van der Waals surface area contributed by atoms with Crippen molar-refractivity contribution in [3.05, 3.63) is 42.1 Å². The van der Waals surface area contributed by atoms with E-state index in [2.05, 4.69) is 10.4 Å². The molecule has 0 bridgehead atoms. The summed E-state index contributed by atoms with van der Waals surface area (Å²) < 4.78 is 12.6. The fraction of sp³-hybridized carbons (Fsp3) is 0.467. The Morgan fingerprint density at radius 3 is 3.19 bits per heavy atom. The van der Waals surface area contributed by atoms with Gasteiger partial charge in [-0.05, 0) is 24.5 Å². The van der Waals surface area contributed by atoms with Crippen LogP contribution in [-0.2, 0) is 23.0 Å². The van der Waals surface area contributed by atoms with Crippen LogP contribution in [0.15, 0.2) is 35.4 Å². The number of nitrogens with zero attached hydrogens (tertiary/aromatic N) is 2. The number of ether oxygens (including phenoxy) is 1. The Morgan fingerprint density at radius 2 is 2.48 bits per heavy atom. The minimum absolute atomic E-state index is 0.0117. The van der Waals surface area contributed by atoms with Gasteiger partial charge in [-0.2, -0.15) is 5.10 Å². The summed E-state index contributed by atoms with van der Waals surface area (Å²) in [7, 11) is 1.87. The Hall–Kier alpha value is -2.08. The lowest BCUT2D eigenvalue weighted by molar-refractivity contribution is -0.123. The minimum Gasteiger partial charge on any atom is -0.472 e. The number of hydrogen-bond acceptors (Lipinski definition) is 4. The van der Waals surface area contributed by atoms with Crippen molar-refractivity contribution in [2.24, 2.45) is 7.05 Å². The summed E-state index contributed by atoms with van der Waals surface area (Å²) >= 11 is 0. The second kappa shape index (κ2) is 6.13. The molecule has 2 aromatic heterocycles.